The van der Waals surface area contributed by atoms with Crippen molar-refractivity contribution in [2.45, 2.75) is 27.7 Å². The quantitative estimate of drug-likeness (QED) is 0.586. The zero-order valence-electron chi connectivity index (χ0n) is 13.6. The highest BCUT2D eigenvalue weighted by atomic mass is 19.1. The lowest BCUT2D eigenvalue weighted by Crippen LogP contribution is -1.96. The molecule has 0 bridgehead atoms. The Labute approximate surface area is 137 Å². The normalized spacial score (nSPS) is 9.92. The van der Waals surface area contributed by atoms with Crippen molar-refractivity contribution >= 4 is 11.4 Å². The molecule has 128 valence electrons. The first-order chi connectivity index (χ1) is 11.1. The first-order valence-electron chi connectivity index (χ1n) is 6.87. The molecule has 0 atom stereocenters. The molecular weight excluding hydrogens is 322 g/mol. The fourth-order valence-electron chi connectivity index (χ4n) is 1.81. The Bertz CT molecular complexity index is 784. The van der Waals surface area contributed by atoms with Crippen molar-refractivity contribution in [3.05, 3.63) is 78.4 Å². The lowest BCUT2D eigenvalue weighted by atomic mass is 10.1. The van der Waals surface area contributed by atoms with Crippen molar-refractivity contribution in [2.75, 3.05) is 0 Å². The molecule has 2 aromatic carbocycles. The van der Waals surface area contributed by atoms with Crippen molar-refractivity contribution in [1.82, 2.24) is 0 Å². The van der Waals surface area contributed by atoms with Gasteiger partial charge in [-0.05, 0) is 49.9 Å². The largest absolute Gasteiger partial charge is 0.305 e. The van der Waals surface area contributed by atoms with E-state index in [0.717, 1.165) is 11.6 Å². The van der Waals surface area contributed by atoms with Crippen LogP contribution in [-0.2, 0) is 0 Å². The Morgan fingerprint density at radius 3 is 1.88 bits per heavy atom. The SMILES string of the molecule is Cc1cc([N+](=O)[O-])cc(F)c1C.Cc1ccc([N+](=O)[O-])c(F)c1C. The lowest BCUT2D eigenvalue weighted by molar-refractivity contribution is -0.387. The minimum atomic E-state index is -0.736. The van der Waals surface area contributed by atoms with Gasteiger partial charge >= 0.3 is 5.69 Å². The monoisotopic (exact) mass is 338 g/mol. The van der Waals surface area contributed by atoms with Crippen LogP contribution in [0.5, 0.6) is 0 Å². The molecule has 0 aliphatic carbocycles. The summed E-state index contributed by atoms with van der Waals surface area (Å²) in [5, 5.41) is 20.5. The van der Waals surface area contributed by atoms with Crippen LogP contribution in [0.3, 0.4) is 0 Å². The van der Waals surface area contributed by atoms with Crippen LogP contribution in [0.25, 0.3) is 0 Å². The number of nitrogens with zero attached hydrogens (tertiary/aromatic N) is 2. The van der Waals surface area contributed by atoms with Crippen LogP contribution in [0.4, 0.5) is 20.2 Å². The molecule has 0 radical (unpaired) electrons. The van der Waals surface area contributed by atoms with Crippen LogP contribution in [0.15, 0.2) is 24.3 Å². The van der Waals surface area contributed by atoms with E-state index >= 15 is 0 Å². The topological polar surface area (TPSA) is 86.3 Å². The smallest absolute Gasteiger partial charge is 0.258 e. The van der Waals surface area contributed by atoms with E-state index in [1.165, 1.54) is 25.1 Å². The number of halogens is 2. The second kappa shape index (κ2) is 7.58. The average molecular weight is 338 g/mol. The number of non-ortho nitro benzene ring substituents is 1. The highest BCUT2D eigenvalue weighted by molar-refractivity contribution is 5.40. The Kier molecular flexibility index (Phi) is 6.05. The fraction of sp³-hybridized carbons (Fsp3) is 0.250. The van der Waals surface area contributed by atoms with E-state index in [-0.39, 0.29) is 5.69 Å². The van der Waals surface area contributed by atoms with E-state index in [4.69, 9.17) is 0 Å². The number of nitro groups is 2. The summed E-state index contributed by atoms with van der Waals surface area (Å²) in [6.07, 6.45) is 0. The number of aryl methyl sites for hydroxylation is 2. The Balaban J connectivity index is 0.000000240. The molecule has 0 saturated carbocycles. The van der Waals surface area contributed by atoms with E-state index in [2.05, 4.69) is 0 Å². The number of hydrogen-bond donors (Lipinski definition) is 0. The highest BCUT2D eigenvalue weighted by Gasteiger charge is 2.16. The maximum Gasteiger partial charge on any atom is 0.305 e. The van der Waals surface area contributed by atoms with Crippen LogP contribution < -0.4 is 0 Å². The van der Waals surface area contributed by atoms with E-state index < -0.39 is 27.2 Å². The standard InChI is InChI=1S/2C8H8FNO2/c1-5-3-7(10(11)12)4-8(9)6(5)2;1-5-3-4-7(10(11)12)8(9)6(5)2/h2*3-4H,1-2H3. The molecule has 6 nitrogen and oxygen atoms in total. The molecule has 0 unspecified atom stereocenters. The predicted molar refractivity (Wildman–Crippen MR) is 85.1 cm³/mol. The zero-order chi connectivity index (χ0) is 18.6. The van der Waals surface area contributed by atoms with Crippen molar-refractivity contribution in [3.63, 3.8) is 0 Å². The van der Waals surface area contributed by atoms with Crippen molar-refractivity contribution < 1.29 is 18.6 Å². The van der Waals surface area contributed by atoms with Gasteiger partial charge in [-0.1, -0.05) is 6.07 Å². The lowest BCUT2D eigenvalue weighted by Gasteiger charge is -2.00. The maximum absolute atomic E-state index is 13.1. The second-order valence-corrected chi connectivity index (χ2v) is 5.22. The molecule has 0 saturated heterocycles. The zero-order valence-corrected chi connectivity index (χ0v) is 13.6. The number of hydrogen-bond acceptors (Lipinski definition) is 4. The van der Waals surface area contributed by atoms with Gasteiger partial charge in [-0.25, -0.2) is 4.39 Å². The summed E-state index contributed by atoms with van der Waals surface area (Å²) in [4.78, 5) is 19.2. The molecule has 2 rings (SSSR count). The first kappa shape index (κ1) is 19.1. The Morgan fingerprint density at radius 1 is 0.833 bits per heavy atom. The summed E-state index contributed by atoms with van der Waals surface area (Å²) in [5.74, 6) is -1.26. The van der Waals surface area contributed by atoms with E-state index in [9.17, 15) is 29.0 Å². The molecule has 2 aromatic rings. The molecule has 0 aromatic heterocycles. The molecule has 0 heterocycles. The third-order valence-electron chi connectivity index (χ3n) is 3.63. The van der Waals surface area contributed by atoms with Gasteiger partial charge in [0.05, 0.1) is 15.9 Å². The van der Waals surface area contributed by atoms with Crippen molar-refractivity contribution in [2.24, 2.45) is 0 Å². The molecule has 0 amide bonds. The summed E-state index contributed by atoms with van der Waals surface area (Å²) in [7, 11) is 0. The van der Waals surface area contributed by atoms with Crippen LogP contribution >= 0.6 is 0 Å². The van der Waals surface area contributed by atoms with Crippen LogP contribution in [0.1, 0.15) is 22.3 Å². The molecule has 0 fully saturated rings. The molecule has 24 heavy (non-hydrogen) atoms. The van der Waals surface area contributed by atoms with Gasteiger partial charge in [0.2, 0.25) is 5.82 Å². The van der Waals surface area contributed by atoms with Crippen LogP contribution in [0, 0.1) is 59.6 Å². The number of nitro benzene ring substituents is 2. The molecule has 0 aliphatic heterocycles. The van der Waals surface area contributed by atoms with Crippen molar-refractivity contribution in [3.8, 4) is 0 Å². The number of rotatable bonds is 2. The summed E-state index contributed by atoms with van der Waals surface area (Å²) < 4.78 is 26.0. The van der Waals surface area contributed by atoms with Gasteiger partial charge in [-0.3, -0.25) is 20.2 Å². The van der Waals surface area contributed by atoms with Gasteiger partial charge in [-0.2, -0.15) is 4.39 Å². The molecule has 8 heteroatoms. The average Bonchev–Trinajstić information content (AvgIpc) is 2.50. The molecule has 0 N–H and O–H groups in total. The summed E-state index contributed by atoms with van der Waals surface area (Å²) >= 11 is 0. The van der Waals surface area contributed by atoms with E-state index in [1.54, 1.807) is 20.8 Å². The van der Waals surface area contributed by atoms with E-state index in [0.29, 0.717) is 16.7 Å². The van der Waals surface area contributed by atoms with Gasteiger partial charge in [0, 0.05) is 12.1 Å². The summed E-state index contributed by atoms with van der Waals surface area (Å²) in [6.45, 7) is 6.47. The Morgan fingerprint density at radius 2 is 1.42 bits per heavy atom. The minimum Gasteiger partial charge on any atom is -0.258 e. The van der Waals surface area contributed by atoms with Gasteiger partial charge in [0.15, 0.2) is 0 Å². The summed E-state index contributed by atoms with van der Waals surface area (Å²) in [6, 6.07) is 5.01. The third-order valence-corrected chi connectivity index (χ3v) is 3.63. The van der Waals surface area contributed by atoms with Gasteiger partial charge in [-0.15, -0.1) is 0 Å². The highest BCUT2D eigenvalue weighted by Crippen LogP contribution is 2.22. The fourth-order valence-corrected chi connectivity index (χ4v) is 1.81. The van der Waals surface area contributed by atoms with E-state index in [1.807, 2.05) is 0 Å². The van der Waals surface area contributed by atoms with Crippen molar-refractivity contribution in [1.29, 1.82) is 0 Å². The van der Waals surface area contributed by atoms with Crippen LogP contribution in [0.2, 0.25) is 0 Å². The molecular formula is C16H16F2N2O4. The maximum atomic E-state index is 13.1. The molecule has 0 aliphatic rings. The summed E-state index contributed by atoms with van der Waals surface area (Å²) in [5.41, 5.74) is 1.46. The third kappa shape index (κ3) is 4.31. The Hall–Kier alpha value is -2.90. The van der Waals surface area contributed by atoms with Crippen LogP contribution in [-0.4, -0.2) is 9.85 Å². The first-order valence-corrected chi connectivity index (χ1v) is 6.87. The minimum absolute atomic E-state index is 0.199. The van der Waals surface area contributed by atoms with Gasteiger partial charge in [0.1, 0.15) is 5.82 Å². The number of benzene rings is 2. The predicted octanol–water partition coefficient (Wildman–Crippen LogP) is 4.70. The molecule has 0 spiro atoms. The second-order valence-electron chi connectivity index (χ2n) is 5.22. The van der Waals surface area contributed by atoms with Gasteiger partial charge in [0.25, 0.3) is 5.69 Å². The van der Waals surface area contributed by atoms with Gasteiger partial charge < -0.3 is 0 Å².